The first-order valence-corrected chi connectivity index (χ1v) is 8.00. The molecule has 0 heterocycles. The van der Waals surface area contributed by atoms with Gasteiger partial charge in [0.05, 0.1) is 6.04 Å². The first-order valence-electron chi connectivity index (χ1n) is 8.00. The summed E-state index contributed by atoms with van der Waals surface area (Å²) in [5.74, 6) is 4.90. The van der Waals surface area contributed by atoms with Crippen LogP contribution in [0.3, 0.4) is 0 Å². The van der Waals surface area contributed by atoms with Crippen LogP contribution in [0, 0.1) is 29.6 Å². The molecule has 0 aliphatic heterocycles. The molecule has 3 heteroatoms. The van der Waals surface area contributed by atoms with E-state index in [9.17, 15) is 4.79 Å². The maximum atomic E-state index is 12.2. The Kier molecular flexibility index (Phi) is 3.59. The Labute approximate surface area is 117 Å². The van der Waals surface area contributed by atoms with Gasteiger partial charge < -0.3 is 10.2 Å². The molecule has 0 aromatic heterocycles. The first-order chi connectivity index (χ1) is 9.08. The van der Waals surface area contributed by atoms with Crippen molar-refractivity contribution in [3.05, 3.63) is 0 Å². The minimum atomic E-state index is -0.0539. The zero-order chi connectivity index (χ0) is 13.6. The van der Waals surface area contributed by atoms with Gasteiger partial charge in [-0.1, -0.05) is 0 Å². The van der Waals surface area contributed by atoms with Crippen LogP contribution in [0.2, 0.25) is 0 Å². The predicted octanol–water partition coefficient (Wildman–Crippen LogP) is 2.12. The number of nitrogens with zero attached hydrogens (tertiary/aromatic N) is 1. The number of likely N-dealkylation sites (N-methyl/N-ethyl adjacent to an activating group) is 2. The quantitative estimate of drug-likeness (QED) is 0.843. The Morgan fingerprint density at radius 3 is 2.16 bits per heavy atom. The second-order valence-electron chi connectivity index (χ2n) is 7.32. The predicted molar refractivity (Wildman–Crippen MR) is 76.7 cm³/mol. The highest BCUT2D eigenvalue weighted by molar-refractivity contribution is 5.81. The van der Waals surface area contributed by atoms with Gasteiger partial charge in [-0.25, -0.2) is 0 Å². The molecule has 4 fully saturated rings. The Balaban J connectivity index is 1.62. The highest BCUT2D eigenvalue weighted by Crippen LogP contribution is 2.56. The molecule has 0 spiro atoms. The molecule has 4 rings (SSSR count). The van der Waals surface area contributed by atoms with Crippen LogP contribution in [0.15, 0.2) is 0 Å². The number of nitrogens with one attached hydrogen (secondary N) is 1. The van der Waals surface area contributed by atoms with Crippen LogP contribution in [0.1, 0.15) is 39.0 Å². The summed E-state index contributed by atoms with van der Waals surface area (Å²) in [4.78, 5) is 14.2. The number of amides is 1. The lowest BCUT2D eigenvalue weighted by atomic mass is 9.52. The van der Waals surface area contributed by atoms with Gasteiger partial charge in [-0.2, -0.15) is 0 Å². The van der Waals surface area contributed by atoms with Crippen LogP contribution in [0.5, 0.6) is 0 Å². The Hall–Kier alpha value is -0.570. The molecule has 1 atom stereocenters. The zero-order valence-corrected chi connectivity index (χ0v) is 12.6. The van der Waals surface area contributed by atoms with Crippen LogP contribution in [-0.4, -0.2) is 37.5 Å². The van der Waals surface area contributed by atoms with Gasteiger partial charge in [0.25, 0.3) is 0 Å². The van der Waals surface area contributed by atoms with Crippen molar-refractivity contribution in [2.45, 2.75) is 45.1 Å². The molecule has 0 aromatic carbocycles. The van der Waals surface area contributed by atoms with Crippen molar-refractivity contribution in [1.82, 2.24) is 10.2 Å². The third-order valence-electron chi connectivity index (χ3n) is 6.09. The standard InChI is InChI=1S/C16H28N2O/c1-10(17-2)16(19)18(3)9-15-13-5-11-4-12(7-13)8-14(15)6-11/h10-15,17H,4-9H2,1-3H3. The van der Waals surface area contributed by atoms with Gasteiger partial charge in [-0.05, 0) is 75.7 Å². The fourth-order valence-electron chi connectivity index (χ4n) is 5.20. The molecule has 19 heavy (non-hydrogen) atoms. The third kappa shape index (κ3) is 2.42. The molecule has 0 saturated heterocycles. The van der Waals surface area contributed by atoms with E-state index >= 15 is 0 Å². The van der Waals surface area contributed by atoms with Crippen molar-refractivity contribution in [3.8, 4) is 0 Å². The second kappa shape index (κ2) is 5.08. The molecular weight excluding hydrogens is 236 g/mol. The molecule has 4 aliphatic rings. The fraction of sp³-hybridized carbons (Fsp3) is 0.938. The molecule has 108 valence electrons. The highest BCUT2D eigenvalue weighted by Gasteiger charge is 2.48. The summed E-state index contributed by atoms with van der Waals surface area (Å²) in [6.45, 7) is 2.94. The molecule has 1 amide bonds. The van der Waals surface area contributed by atoms with Gasteiger partial charge in [0.2, 0.25) is 5.91 Å². The van der Waals surface area contributed by atoms with E-state index in [0.29, 0.717) is 0 Å². The summed E-state index contributed by atoms with van der Waals surface area (Å²) in [6, 6.07) is -0.0539. The van der Waals surface area contributed by atoms with E-state index in [2.05, 4.69) is 5.32 Å². The fourth-order valence-corrected chi connectivity index (χ4v) is 5.20. The topological polar surface area (TPSA) is 32.3 Å². The minimum Gasteiger partial charge on any atom is -0.344 e. The molecule has 4 saturated carbocycles. The van der Waals surface area contributed by atoms with Gasteiger partial charge in [0.1, 0.15) is 0 Å². The summed E-state index contributed by atoms with van der Waals surface area (Å²) in [7, 11) is 3.85. The molecular formula is C16H28N2O. The van der Waals surface area contributed by atoms with E-state index in [1.165, 1.54) is 32.1 Å². The summed E-state index contributed by atoms with van der Waals surface area (Å²) >= 11 is 0. The monoisotopic (exact) mass is 264 g/mol. The average molecular weight is 264 g/mol. The molecule has 3 nitrogen and oxygen atoms in total. The van der Waals surface area contributed by atoms with E-state index in [0.717, 1.165) is 36.1 Å². The molecule has 0 aromatic rings. The normalized spacial score (nSPS) is 41.3. The van der Waals surface area contributed by atoms with Gasteiger partial charge in [0, 0.05) is 13.6 Å². The van der Waals surface area contributed by atoms with Gasteiger partial charge >= 0.3 is 0 Å². The number of carbonyl (C=O) groups excluding carboxylic acids is 1. The van der Waals surface area contributed by atoms with Crippen LogP contribution in [0.25, 0.3) is 0 Å². The molecule has 4 bridgehead atoms. The van der Waals surface area contributed by atoms with Crippen molar-refractivity contribution in [1.29, 1.82) is 0 Å². The smallest absolute Gasteiger partial charge is 0.239 e. The number of rotatable bonds is 4. The highest BCUT2D eigenvalue weighted by atomic mass is 16.2. The van der Waals surface area contributed by atoms with Gasteiger partial charge in [0.15, 0.2) is 0 Å². The third-order valence-corrected chi connectivity index (χ3v) is 6.09. The van der Waals surface area contributed by atoms with E-state index in [1.807, 2.05) is 25.9 Å². The Morgan fingerprint density at radius 2 is 1.68 bits per heavy atom. The lowest BCUT2D eigenvalue weighted by Gasteiger charge is -2.55. The maximum Gasteiger partial charge on any atom is 0.239 e. The number of hydrogen-bond acceptors (Lipinski definition) is 2. The Morgan fingerprint density at radius 1 is 1.16 bits per heavy atom. The summed E-state index contributed by atoms with van der Waals surface area (Å²) in [5, 5.41) is 3.06. The SMILES string of the molecule is CNC(C)C(=O)N(C)CC1C2CC3CC(C2)CC1C3. The summed E-state index contributed by atoms with van der Waals surface area (Å²) in [6.07, 6.45) is 7.29. The minimum absolute atomic E-state index is 0.0539. The second-order valence-corrected chi connectivity index (χ2v) is 7.32. The van der Waals surface area contributed by atoms with Crippen molar-refractivity contribution >= 4 is 5.91 Å². The van der Waals surface area contributed by atoms with E-state index < -0.39 is 0 Å². The first kappa shape index (κ1) is 13.4. The van der Waals surface area contributed by atoms with Crippen LogP contribution >= 0.6 is 0 Å². The zero-order valence-electron chi connectivity index (χ0n) is 12.6. The van der Waals surface area contributed by atoms with E-state index in [1.54, 1.807) is 0 Å². The van der Waals surface area contributed by atoms with E-state index in [-0.39, 0.29) is 11.9 Å². The number of carbonyl (C=O) groups is 1. The van der Waals surface area contributed by atoms with Crippen molar-refractivity contribution < 1.29 is 4.79 Å². The average Bonchev–Trinajstić information content (AvgIpc) is 2.40. The molecule has 0 radical (unpaired) electrons. The van der Waals surface area contributed by atoms with Crippen molar-refractivity contribution in [3.63, 3.8) is 0 Å². The number of hydrogen-bond donors (Lipinski definition) is 1. The summed E-state index contributed by atoms with van der Waals surface area (Å²) in [5.41, 5.74) is 0. The van der Waals surface area contributed by atoms with Crippen LogP contribution < -0.4 is 5.32 Å². The van der Waals surface area contributed by atoms with Crippen LogP contribution in [-0.2, 0) is 4.79 Å². The summed E-state index contributed by atoms with van der Waals surface area (Å²) < 4.78 is 0. The Bertz CT molecular complexity index is 327. The lowest BCUT2D eigenvalue weighted by molar-refractivity contribution is -0.134. The van der Waals surface area contributed by atoms with Crippen molar-refractivity contribution in [2.75, 3.05) is 20.6 Å². The van der Waals surface area contributed by atoms with Gasteiger partial charge in [-0.15, -0.1) is 0 Å². The maximum absolute atomic E-state index is 12.2. The molecule has 1 unspecified atom stereocenters. The van der Waals surface area contributed by atoms with E-state index in [4.69, 9.17) is 0 Å². The van der Waals surface area contributed by atoms with Crippen LogP contribution in [0.4, 0.5) is 0 Å². The van der Waals surface area contributed by atoms with Gasteiger partial charge in [-0.3, -0.25) is 4.79 Å². The molecule has 4 aliphatic carbocycles. The lowest BCUT2D eigenvalue weighted by Crippen LogP contribution is -2.51. The van der Waals surface area contributed by atoms with Crippen molar-refractivity contribution in [2.24, 2.45) is 29.6 Å². The molecule has 1 N–H and O–H groups in total. The largest absolute Gasteiger partial charge is 0.344 e.